The summed E-state index contributed by atoms with van der Waals surface area (Å²) < 4.78 is 0. The van der Waals surface area contributed by atoms with Crippen LogP contribution in [0.5, 0.6) is 0 Å². The highest BCUT2D eigenvalue weighted by Gasteiger charge is 2.14. The summed E-state index contributed by atoms with van der Waals surface area (Å²) in [7, 11) is 0. The van der Waals surface area contributed by atoms with Gasteiger partial charge in [-0.2, -0.15) is 0 Å². The van der Waals surface area contributed by atoms with Gasteiger partial charge in [0.15, 0.2) is 0 Å². The van der Waals surface area contributed by atoms with E-state index in [1.807, 2.05) is 0 Å². The molecule has 2 heteroatoms. The Kier molecular flexibility index (Phi) is 5.64. The van der Waals surface area contributed by atoms with Gasteiger partial charge in [0.25, 0.3) is 0 Å². The van der Waals surface area contributed by atoms with Crippen molar-refractivity contribution in [3.8, 4) is 0 Å². The summed E-state index contributed by atoms with van der Waals surface area (Å²) in [5.41, 5.74) is 0. The molecule has 0 unspecified atom stereocenters. The van der Waals surface area contributed by atoms with E-state index in [1.165, 1.54) is 77.4 Å². The minimum absolute atomic E-state index is 0.849. The maximum atomic E-state index is 3.75. The second-order valence-electron chi connectivity index (χ2n) is 5.62. The molecule has 2 nitrogen and oxygen atoms in total. The first-order chi connectivity index (χ1) is 7.95. The first kappa shape index (κ1) is 12.4. The molecule has 0 radical (unpaired) electrons. The molecule has 1 aliphatic heterocycles. The Morgan fingerprint density at radius 2 is 1.69 bits per heavy atom. The van der Waals surface area contributed by atoms with Gasteiger partial charge in [0.1, 0.15) is 0 Å². The predicted octanol–water partition coefficient (Wildman–Crippen LogP) is 2.69. The average Bonchev–Trinajstić information content (AvgIpc) is 2.37. The maximum absolute atomic E-state index is 3.75. The molecule has 0 aromatic heterocycles. The zero-order valence-corrected chi connectivity index (χ0v) is 10.6. The van der Waals surface area contributed by atoms with Crippen LogP contribution in [0.15, 0.2) is 0 Å². The number of rotatable bonds is 5. The summed E-state index contributed by atoms with van der Waals surface area (Å²) >= 11 is 0. The van der Waals surface area contributed by atoms with Crippen LogP contribution in [0.25, 0.3) is 0 Å². The molecule has 0 bridgehead atoms. The molecule has 2 fully saturated rings. The van der Waals surface area contributed by atoms with Crippen LogP contribution in [0, 0.1) is 5.92 Å². The summed E-state index contributed by atoms with van der Waals surface area (Å²) in [6, 6.07) is 0.849. The molecule has 1 heterocycles. The smallest absolute Gasteiger partial charge is 0.00670 e. The highest BCUT2D eigenvalue weighted by Crippen LogP contribution is 2.19. The Morgan fingerprint density at radius 3 is 2.44 bits per heavy atom. The molecular formula is C14H28N2. The van der Waals surface area contributed by atoms with Crippen molar-refractivity contribution in [2.24, 2.45) is 5.92 Å². The summed E-state index contributed by atoms with van der Waals surface area (Å²) in [6.45, 7) is 3.76. The van der Waals surface area contributed by atoms with E-state index in [9.17, 15) is 0 Å². The monoisotopic (exact) mass is 224 g/mol. The van der Waals surface area contributed by atoms with Crippen LogP contribution in [-0.4, -0.2) is 25.7 Å². The molecule has 1 aliphatic carbocycles. The minimum atomic E-state index is 0.849. The molecule has 1 saturated heterocycles. The lowest BCUT2D eigenvalue weighted by Crippen LogP contribution is -2.32. The van der Waals surface area contributed by atoms with Gasteiger partial charge in [-0.05, 0) is 64.1 Å². The Labute approximate surface area is 101 Å². The second-order valence-corrected chi connectivity index (χ2v) is 5.62. The van der Waals surface area contributed by atoms with E-state index in [2.05, 4.69) is 10.6 Å². The molecule has 2 N–H and O–H groups in total. The van der Waals surface area contributed by atoms with E-state index < -0.39 is 0 Å². The quantitative estimate of drug-likeness (QED) is 0.702. The molecule has 0 aromatic rings. The lowest BCUT2D eigenvalue weighted by atomic mass is 9.92. The van der Waals surface area contributed by atoms with Gasteiger partial charge in [-0.3, -0.25) is 0 Å². The Morgan fingerprint density at radius 1 is 0.938 bits per heavy atom. The summed E-state index contributed by atoms with van der Waals surface area (Å²) in [5.74, 6) is 1.01. The fraction of sp³-hybridized carbons (Fsp3) is 1.00. The predicted molar refractivity (Wildman–Crippen MR) is 69.7 cm³/mol. The molecule has 0 amide bonds. The zero-order chi connectivity index (χ0) is 11.1. The van der Waals surface area contributed by atoms with Gasteiger partial charge in [-0.15, -0.1) is 0 Å². The van der Waals surface area contributed by atoms with Crippen molar-refractivity contribution >= 4 is 0 Å². The largest absolute Gasteiger partial charge is 0.317 e. The topological polar surface area (TPSA) is 24.1 Å². The van der Waals surface area contributed by atoms with Gasteiger partial charge >= 0.3 is 0 Å². The second kappa shape index (κ2) is 7.29. The van der Waals surface area contributed by atoms with E-state index in [-0.39, 0.29) is 0 Å². The van der Waals surface area contributed by atoms with Gasteiger partial charge in [-0.1, -0.05) is 19.3 Å². The van der Waals surface area contributed by atoms with E-state index in [4.69, 9.17) is 0 Å². The van der Waals surface area contributed by atoms with Gasteiger partial charge in [0.2, 0.25) is 0 Å². The van der Waals surface area contributed by atoms with Crippen LogP contribution in [0.3, 0.4) is 0 Å². The van der Waals surface area contributed by atoms with Crippen LogP contribution in [-0.2, 0) is 0 Å². The minimum Gasteiger partial charge on any atom is -0.317 e. The number of nitrogens with one attached hydrogen (secondary N) is 2. The number of piperidine rings is 1. The third kappa shape index (κ3) is 4.42. The van der Waals surface area contributed by atoms with Crippen molar-refractivity contribution in [2.75, 3.05) is 19.6 Å². The molecule has 0 atom stereocenters. The van der Waals surface area contributed by atoms with Crippen molar-refractivity contribution in [3.63, 3.8) is 0 Å². The number of hydrogen-bond donors (Lipinski definition) is 2. The molecule has 0 aromatic carbocycles. The van der Waals surface area contributed by atoms with Crippen LogP contribution < -0.4 is 10.6 Å². The van der Waals surface area contributed by atoms with Crippen molar-refractivity contribution < 1.29 is 0 Å². The number of hydrogen-bond acceptors (Lipinski definition) is 2. The van der Waals surface area contributed by atoms with Gasteiger partial charge in [0, 0.05) is 6.04 Å². The normalized spacial score (nSPS) is 24.8. The van der Waals surface area contributed by atoms with Crippen LogP contribution >= 0.6 is 0 Å². The Hall–Kier alpha value is -0.0800. The molecule has 2 rings (SSSR count). The van der Waals surface area contributed by atoms with E-state index in [1.54, 1.807) is 0 Å². The molecule has 2 aliphatic rings. The Bertz CT molecular complexity index is 150. The Balaban J connectivity index is 1.47. The van der Waals surface area contributed by atoms with E-state index in [0.29, 0.717) is 0 Å². The van der Waals surface area contributed by atoms with Crippen molar-refractivity contribution in [1.82, 2.24) is 10.6 Å². The highest BCUT2D eigenvalue weighted by molar-refractivity contribution is 4.73. The SMILES string of the molecule is C1CCC(NCCCC2CCNCC2)CC1. The van der Waals surface area contributed by atoms with Crippen LogP contribution in [0.2, 0.25) is 0 Å². The van der Waals surface area contributed by atoms with Crippen LogP contribution in [0.4, 0.5) is 0 Å². The first-order valence-electron chi connectivity index (χ1n) is 7.39. The standard InChI is InChI=1S/C14H28N2/c1-2-6-14(7-3-1)16-10-4-5-13-8-11-15-12-9-13/h13-16H,1-12H2. The van der Waals surface area contributed by atoms with E-state index in [0.717, 1.165) is 12.0 Å². The third-order valence-corrected chi connectivity index (χ3v) is 4.29. The lowest BCUT2D eigenvalue weighted by Gasteiger charge is -2.25. The summed E-state index contributed by atoms with van der Waals surface area (Å²) in [5, 5.41) is 7.19. The average molecular weight is 224 g/mol. The van der Waals surface area contributed by atoms with Gasteiger partial charge < -0.3 is 10.6 Å². The summed E-state index contributed by atoms with van der Waals surface area (Å²) in [4.78, 5) is 0. The maximum Gasteiger partial charge on any atom is 0.00670 e. The fourth-order valence-electron chi connectivity index (χ4n) is 3.17. The van der Waals surface area contributed by atoms with Gasteiger partial charge in [0.05, 0.1) is 0 Å². The highest BCUT2D eigenvalue weighted by atomic mass is 14.9. The van der Waals surface area contributed by atoms with Crippen molar-refractivity contribution in [1.29, 1.82) is 0 Å². The zero-order valence-electron chi connectivity index (χ0n) is 10.6. The van der Waals surface area contributed by atoms with Crippen molar-refractivity contribution in [3.05, 3.63) is 0 Å². The first-order valence-corrected chi connectivity index (χ1v) is 7.39. The molecule has 94 valence electrons. The third-order valence-electron chi connectivity index (χ3n) is 4.29. The lowest BCUT2D eigenvalue weighted by molar-refractivity contribution is 0.329. The molecule has 16 heavy (non-hydrogen) atoms. The fourth-order valence-corrected chi connectivity index (χ4v) is 3.17. The molecule has 1 saturated carbocycles. The summed E-state index contributed by atoms with van der Waals surface area (Å²) in [6.07, 6.45) is 12.9. The molecule has 0 spiro atoms. The van der Waals surface area contributed by atoms with Crippen LogP contribution in [0.1, 0.15) is 57.8 Å². The van der Waals surface area contributed by atoms with Crippen molar-refractivity contribution in [2.45, 2.75) is 63.8 Å². The molecular weight excluding hydrogens is 196 g/mol. The van der Waals surface area contributed by atoms with E-state index >= 15 is 0 Å². The van der Waals surface area contributed by atoms with Gasteiger partial charge in [-0.25, -0.2) is 0 Å².